The Morgan fingerprint density at radius 3 is 2.33 bits per heavy atom. The highest BCUT2D eigenvalue weighted by Crippen LogP contribution is 2.35. The summed E-state index contributed by atoms with van der Waals surface area (Å²) in [5.74, 6) is -0.314. The number of piperidine rings is 1. The Morgan fingerprint density at radius 1 is 0.923 bits per heavy atom. The standard InChI is InChI=1S/C36H45N9O6S/c1-4-38-52(49,50)33-8-6-5-7-29(33)40-34-30(41-35(48)24-19-27(46)22-28(47)20-24)23-37-36(42-34)39-25-9-10-31(32(21-25)51-3)45-13-11-26(12-14-45)44-17-15-43(2)16-18-44/h5-10,19-23,26,38,46-47H,4,11-18H2,1-3H3,(H,41,48)(H2,37,39,40,42). The van der Waals surface area contributed by atoms with Gasteiger partial charge in [-0.15, -0.1) is 0 Å². The number of sulfonamides is 1. The normalized spacial score (nSPS) is 16.0. The number of phenols is 2. The molecule has 1 aromatic heterocycles. The third-order valence-electron chi connectivity index (χ3n) is 9.26. The summed E-state index contributed by atoms with van der Waals surface area (Å²) < 4.78 is 34.4. The Bertz CT molecular complexity index is 1980. The number of phenolic OH excluding ortho intramolecular Hbond substituents is 2. The maximum absolute atomic E-state index is 13.2. The molecule has 3 aromatic carbocycles. The van der Waals surface area contributed by atoms with Crippen molar-refractivity contribution in [3.05, 3.63) is 72.4 Å². The number of aromatic hydroxyl groups is 2. The molecule has 0 saturated carbocycles. The van der Waals surface area contributed by atoms with E-state index >= 15 is 0 Å². The van der Waals surface area contributed by atoms with Crippen LogP contribution in [0, 0.1) is 0 Å². The van der Waals surface area contributed by atoms with Crippen molar-refractivity contribution in [2.45, 2.75) is 30.7 Å². The molecule has 2 saturated heterocycles. The van der Waals surface area contributed by atoms with Crippen molar-refractivity contribution in [3.63, 3.8) is 0 Å². The Balaban J connectivity index is 1.24. The van der Waals surface area contributed by atoms with Gasteiger partial charge in [0, 0.05) is 75.2 Å². The van der Waals surface area contributed by atoms with E-state index in [9.17, 15) is 23.4 Å². The van der Waals surface area contributed by atoms with Gasteiger partial charge in [-0.1, -0.05) is 19.1 Å². The zero-order valence-electron chi connectivity index (χ0n) is 29.5. The van der Waals surface area contributed by atoms with Crippen molar-refractivity contribution in [1.82, 2.24) is 24.5 Å². The monoisotopic (exact) mass is 731 g/mol. The van der Waals surface area contributed by atoms with Gasteiger partial charge in [0.2, 0.25) is 16.0 Å². The van der Waals surface area contributed by atoms with E-state index in [1.165, 1.54) is 24.4 Å². The number of carbonyl (C=O) groups is 1. The number of rotatable bonds is 12. The van der Waals surface area contributed by atoms with Crippen LogP contribution in [0.15, 0.2) is 71.8 Å². The van der Waals surface area contributed by atoms with Crippen LogP contribution < -0.4 is 30.3 Å². The Kier molecular flexibility index (Phi) is 11.3. The number of amides is 1. The fourth-order valence-corrected chi connectivity index (χ4v) is 7.76. The van der Waals surface area contributed by atoms with E-state index in [2.05, 4.69) is 52.4 Å². The van der Waals surface area contributed by atoms with Crippen LogP contribution in [-0.4, -0.2) is 110 Å². The molecule has 3 heterocycles. The molecular weight excluding hydrogens is 687 g/mol. The minimum Gasteiger partial charge on any atom is -0.508 e. The number of carbonyl (C=O) groups excluding carboxylic acids is 1. The first kappa shape index (κ1) is 36.6. The summed E-state index contributed by atoms with van der Waals surface area (Å²) in [5, 5.41) is 28.8. The second-order valence-electron chi connectivity index (χ2n) is 12.8. The third kappa shape index (κ3) is 8.65. The van der Waals surface area contributed by atoms with Crippen molar-refractivity contribution < 1.29 is 28.2 Å². The molecule has 6 N–H and O–H groups in total. The van der Waals surface area contributed by atoms with E-state index in [-0.39, 0.29) is 51.6 Å². The molecule has 0 atom stereocenters. The molecule has 15 nitrogen and oxygen atoms in total. The van der Waals surface area contributed by atoms with Crippen LogP contribution in [0.4, 0.5) is 34.5 Å². The first-order valence-electron chi connectivity index (χ1n) is 17.2. The maximum atomic E-state index is 13.2. The van der Waals surface area contributed by atoms with Crippen molar-refractivity contribution in [1.29, 1.82) is 0 Å². The molecule has 0 radical (unpaired) electrons. The Labute approximate surface area is 303 Å². The molecule has 2 aliphatic heterocycles. The number of hydrogen-bond acceptors (Lipinski definition) is 13. The number of para-hydroxylation sites is 1. The molecular formula is C36H45N9O6S. The summed E-state index contributed by atoms with van der Waals surface area (Å²) in [6.07, 6.45) is 3.55. The van der Waals surface area contributed by atoms with Crippen LogP contribution in [0.2, 0.25) is 0 Å². The minimum atomic E-state index is -3.88. The van der Waals surface area contributed by atoms with Crippen LogP contribution in [0.25, 0.3) is 0 Å². The zero-order valence-corrected chi connectivity index (χ0v) is 30.3. The Morgan fingerprint density at radius 2 is 1.63 bits per heavy atom. The first-order valence-corrected chi connectivity index (χ1v) is 18.7. The second kappa shape index (κ2) is 16.0. The summed E-state index contributed by atoms with van der Waals surface area (Å²) in [6, 6.07) is 16.2. The van der Waals surface area contributed by atoms with E-state index in [1.54, 1.807) is 32.2 Å². The molecule has 2 fully saturated rings. The summed E-state index contributed by atoms with van der Waals surface area (Å²) in [5.41, 5.74) is 1.96. The highest BCUT2D eigenvalue weighted by Gasteiger charge is 2.28. The van der Waals surface area contributed by atoms with Crippen molar-refractivity contribution in [3.8, 4) is 17.2 Å². The van der Waals surface area contributed by atoms with E-state index in [4.69, 9.17) is 4.74 Å². The van der Waals surface area contributed by atoms with Gasteiger partial charge in [0.1, 0.15) is 27.8 Å². The molecule has 6 rings (SSSR count). The number of nitrogens with one attached hydrogen (secondary N) is 4. The molecule has 276 valence electrons. The summed E-state index contributed by atoms with van der Waals surface area (Å²) >= 11 is 0. The zero-order chi connectivity index (χ0) is 36.8. The fourth-order valence-electron chi connectivity index (χ4n) is 6.55. The van der Waals surface area contributed by atoms with Crippen LogP contribution in [0.5, 0.6) is 17.2 Å². The number of hydrogen-bond donors (Lipinski definition) is 6. The lowest BCUT2D eigenvalue weighted by molar-refractivity contribution is 0.0981. The maximum Gasteiger partial charge on any atom is 0.256 e. The van der Waals surface area contributed by atoms with Crippen LogP contribution in [0.1, 0.15) is 30.1 Å². The van der Waals surface area contributed by atoms with Crippen LogP contribution in [-0.2, 0) is 10.0 Å². The van der Waals surface area contributed by atoms with Crippen molar-refractivity contribution in [2.75, 3.05) is 80.8 Å². The van der Waals surface area contributed by atoms with Gasteiger partial charge in [-0.25, -0.2) is 18.1 Å². The lowest BCUT2D eigenvalue weighted by atomic mass is 10.0. The van der Waals surface area contributed by atoms with Gasteiger partial charge in [-0.05, 0) is 56.3 Å². The fraction of sp³-hybridized carbons (Fsp3) is 0.361. The number of anilines is 6. The lowest BCUT2D eigenvalue weighted by Gasteiger charge is -2.42. The molecule has 0 unspecified atom stereocenters. The number of likely N-dealkylation sites (N-methyl/N-ethyl adjacent to an activating group) is 1. The van der Waals surface area contributed by atoms with Crippen LogP contribution >= 0.6 is 0 Å². The number of benzene rings is 3. The average Bonchev–Trinajstić information content (AvgIpc) is 3.13. The largest absolute Gasteiger partial charge is 0.508 e. The summed E-state index contributed by atoms with van der Waals surface area (Å²) in [6.45, 7) is 8.17. The van der Waals surface area contributed by atoms with Gasteiger partial charge < -0.3 is 40.7 Å². The van der Waals surface area contributed by atoms with E-state index in [1.807, 2.05) is 18.2 Å². The van der Waals surface area contributed by atoms with Gasteiger partial charge >= 0.3 is 0 Å². The molecule has 1 amide bonds. The molecule has 16 heteroatoms. The topological polar surface area (TPSA) is 185 Å². The highest BCUT2D eigenvalue weighted by atomic mass is 32.2. The predicted molar refractivity (Wildman–Crippen MR) is 201 cm³/mol. The average molecular weight is 732 g/mol. The SMILES string of the molecule is CCNS(=O)(=O)c1ccccc1Nc1nc(Nc2ccc(N3CCC(N4CCN(C)CC4)CC3)c(OC)c2)ncc1NC(=O)c1cc(O)cc(O)c1. The first-order chi connectivity index (χ1) is 25.0. The second-order valence-corrected chi connectivity index (χ2v) is 14.6. The molecule has 4 aromatic rings. The van der Waals surface area contributed by atoms with Gasteiger partial charge in [0.05, 0.1) is 24.7 Å². The molecule has 0 aliphatic carbocycles. The van der Waals surface area contributed by atoms with Crippen molar-refractivity contribution in [2.24, 2.45) is 0 Å². The highest BCUT2D eigenvalue weighted by molar-refractivity contribution is 7.89. The number of methoxy groups -OCH3 is 1. The van der Waals surface area contributed by atoms with E-state index in [0.29, 0.717) is 17.5 Å². The predicted octanol–water partition coefficient (Wildman–Crippen LogP) is 4.15. The minimum absolute atomic E-state index is 0.0171. The van der Waals surface area contributed by atoms with Crippen molar-refractivity contribution >= 4 is 50.4 Å². The van der Waals surface area contributed by atoms with Gasteiger partial charge in [0.25, 0.3) is 5.91 Å². The number of piperazine rings is 1. The lowest BCUT2D eigenvalue weighted by Crippen LogP contribution is -2.52. The summed E-state index contributed by atoms with van der Waals surface area (Å²) in [4.78, 5) is 29.6. The smallest absolute Gasteiger partial charge is 0.256 e. The van der Waals surface area contributed by atoms with Gasteiger partial charge in [0.15, 0.2) is 5.82 Å². The number of aromatic nitrogens is 2. The summed E-state index contributed by atoms with van der Waals surface area (Å²) in [7, 11) is -0.0600. The van der Waals surface area contributed by atoms with E-state index in [0.717, 1.165) is 63.9 Å². The quantitative estimate of drug-likeness (QED) is 0.122. The van der Waals surface area contributed by atoms with Crippen LogP contribution in [0.3, 0.4) is 0 Å². The molecule has 52 heavy (non-hydrogen) atoms. The molecule has 0 spiro atoms. The third-order valence-corrected chi connectivity index (χ3v) is 10.9. The van der Waals surface area contributed by atoms with E-state index < -0.39 is 15.9 Å². The van der Waals surface area contributed by atoms with Gasteiger partial charge in [-0.2, -0.15) is 4.98 Å². The van der Waals surface area contributed by atoms with Gasteiger partial charge in [-0.3, -0.25) is 9.69 Å². The Hall–Kier alpha value is -5.16. The number of ether oxygens (including phenoxy) is 1. The molecule has 0 bridgehead atoms. The number of nitrogens with zero attached hydrogens (tertiary/aromatic N) is 5. The molecule has 2 aliphatic rings.